The summed E-state index contributed by atoms with van der Waals surface area (Å²) < 4.78 is 10.5. The number of urea groups is 1. The van der Waals surface area contributed by atoms with Gasteiger partial charge in [-0.1, -0.05) is 36.4 Å². The number of nitrogens with one attached hydrogen (secondary N) is 3. The molecule has 0 spiro atoms. The van der Waals surface area contributed by atoms with E-state index in [4.69, 9.17) is 15.2 Å². The Morgan fingerprint density at radius 1 is 0.909 bits per heavy atom. The zero-order valence-corrected chi connectivity index (χ0v) is 25.9. The first-order chi connectivity index (χ1) is 20.8. The van der Waals surface area contributed by atoms with Gasteiger partial charge in [0.05, 0.1) is 23.5 Å². The van der Waals surface area contributed by atoms with Crippen LogP contribution >= 0.6 is 0 Å². The lowest BCUT2D eigenvalue weighted by molar-refractivity contribution is -0.143. The number of esters is 1. The number of ether oxygens (including phenoxy) is 2. The number of hydrogen-bond donors (Lipinski definition) is 4. The minimum absolute atomic E-state index is 0.0282. The molecule has 44 heavy (non-hydrogen) atoms. The molecule has 3 aromatic rings. The van der Waals surface area contributed by atoms with Crippen LogP contribution in [0.4, 0.5) is 26.7 Å². The highest BCUT2D eigenvalue weighted by molar-refractivity contribution is 6.05. The summed E-state index contributed by atoms with van der Waals surface area (Å²) in [6.07, 6.45) is 0.879. The first-order valence-corrected chi connectivity index (χ1v) is 14.1. The number of carbonyl (C=O) groups is 4. The molecule has 2 aromatic carbocycles. The highest BCUT2D eigenvalue weighted by Crippen LogP contribution is 2.39. The molecule has 5 N–H and O–H groups in total. The molecule has 3 rings (SSSR count). The molecule has 4 amide bonds. The van der Waals surface area contributed by atoms with Crippen LogP contribution in [0.1, 0.15) is 62.2 Å². The second-order valence-electron chi connectivity index (χ2n) is 11.2. The maximum Gasteiger partial charge on any atom is 0.412 e. The number of amides is 4. The van der Waals surface area contributed by atoms with Crippen LogP contribution in [0.5, 0.6) is 0 Å². The molecule has 0 aliphatic carbocycles. The number of hydrogen-bond acceptors (Lipinski definition) is 8. The molecular weight excluding hydrogens is 564 g/mol. The summed E-state index contributed by atoms with van der Waals surface area (Å²) in [5.74, 6) is -0.975. The van der Waals surface area contributed by atoms with Gasteiger partial charge in [0.25, 0.3) is 5.91 Å². The lowest BCUT2D eigenvalue weighted by Gasteiger charge is -2.37. The quantitative estimate of drug-likeness (QED) is 0.222. The largest absolute Gasteiger partial charge is 0.466 e. The van der Waals surface area contributed by atoms with E-state index in [1.54, 1.807) is 58.0 Å². The maximum atomic E-state index is 13.2. The molecule has 0 saturated carbocycles. The van der Waals surface area contributed by atoms with Crippen LogP contribution < -0.4 is 26.6 Å². The normalized spacial score (nSPS) is 12.3. The number of rotatable bonds is 11. The van der Waals surface area contributed by atoms with Crippen molar-refractivity contribution in [1.29, 1.82) is 0 Å². The summed E-state index contributed by atoms with van der Waals surface area (Å²) >= 11 is 0. The summed E-state index contributed by atoms with van der Waals surface area (Å²) in [6.45, 7) is 7.18. The van der Waals surface area contributed by atoms with E-state index >= 15 is 0 Å². The molecule has 0 fully saturated rings. The summed E-state index contributed by atoms with van der Waals surface area (Å²) in [5.41, 5.74) is 6.41. The summed E-state index contributed by atoms with van der Waals surface area (Å²) in [5, 5.41) is 8.27. The van der Waals surface area contributed by atoms with Gasteiger partial charge in [0, 0.05) is 43.5 Å². The fourth-order valence-corrected chi connectivity index (χ4v) is 4.68. The van der Waals surface area contributed by atoms with Crippen molar-refractivity contribution in [1.82, 2.24) is 10.3 Å². The Labute approximate surface area is 257 Å². The lowest BCUT2D eigenvalue weighted by Crippen LogP contribution is -2.50. The van der Waals surface area contributed by atoms with Gasteiger partial charge in [-0.2, -0.15) is 0 Å². The third kappa shape index (κ3) is 8.69. The number of nitrogens with two attached hydrogens (primary N) is 1. The Morgan fingerprint density at radius 2 is 1.55 bits per heavy atom. The topological polar surface area (TPSA) is 165 Å². The first kappa shape index (κ1) is 33.4. The molecule has 0 aliphatic rings. The van der Waals surface area contributed by atoms with Gasteiger partial charge < -0.3 is 30.7 Å². The zero-order chi connectivity index (χ0) is 32.5. The van der Waals surface area contributed by atoms with Crippen LogP contribution in [0.3, 0.4) is 0 Å². The Balaban J connectivity index is 1.99. The van der Waals surface area contributed by atoms with Crippen molar-refractivity contribution in [2.75, 3.05) is 36.2 Å². The molecule has 1 atom stereocenters. The second kappa shape index (κ2) is 14.4. The third-order valence-electron chi connectivity index (χ3n) is 6.49. The van der Waals surface area contributed by atoms with Crippen LogP contribution in [0.25, 0.3) is 0 Å². The van der Waals surface area contributed by atoms with Crippen LogP contribution in [0.15, 0.2) is 66.9 Å². The van der Waals surface area contributed by atoms with E-state index in [9.17, 15) is 19.2 Å². The monoisotopic (exact) mass is 604 g/mol. The van der Waals surface area contributed by atoms with Crippen LogP contribution in [0, 0.1) is 0 Å². The van der Waals surface area contributed by atoms with Crippen molar-refractivity contribution in [3.05, 3.63) is 83.7 Å². The zero-order valence-electron chi connectivity index (χ0n) is 25.9. The Kier molecular flexibility index (Phi) is 10.9. The number of carbonyl (C=O) groups excluding carboxylic acids is 4. The predicted molar refractivity (Wildman–Crippen MR) is 169 cm³/mol. The standard InChI is InChI=1S/C32H40N6O6/c1-7-43-27(39)18-19-32(37-29(33)41,22-12-8-11-15-26(22)38(5)6)21-16-17-25(34-20-21)28(40)35-23-13-9-10-14-24(23)36-30(42)44-31(2,3)4/h8-17,20H,7,18-19H2,1-6H3,(H,35,40)(H,36,42)(H3,33,37,41). The smallest absolute Gasteiger partial charge is 0.412 e. The van der Waals surface area contributed by atoms with Gasteiger partial charge in [0.1, 0.15) is 11.3 Å². The van der Waals surface area contributed by atoms with Crippen molar-refractivity contribution < 1.29 is 28.7 Å². The molecule has 12 heteroatoms. The van der Waals surface area contributed by atoms with Gasteiger partial charge in [-0.15, -0.1) is 0 Å². The van der Waals surface area contributed by atoms with Crippen molar-refractivity contribution in [2.45, 2.75) is 51.7 Å². The molecule has 234 valence electrons. The minimum atomic E-state index is -1.29. The fraction of sp³-hybridized carbons (Fsp3) is 0.344. The number of primary amides is 1. The average molecular weight is 605 g/mol. The molecule has 0 aliphatic heterocycles. The number of nitrogens with zero attached hydrogens (tertiary/aromatic N) is 2. The molecule has 1 unspecified atom stereocenters. The van der Waals surface area contributed by atoms with E-state index in [1.165, 1.54) is 12.3 Å². The van der Waals surface area contributed by atoms with Gasteiger partial charge >= 0.3 is 18.1 Å². The van der Waals surface area contributed by atoms with Gasteiger partial charge in [-0.05, 0) is 58.4 Å². The van der Waals surface area contributed by atoms with Crippen molar-refractivity contribution in [2.24, 2.45) is 5.73 Å². The second-order valence-corrected chi connectivity index (χ2v) is 11.2. The van der Waals surface area contributed by atoms with E-state index in [-0.39, 0.29) is 25.1 Å². The van der Waals surface area contributed by atoms with E-state index in [1.807, 2.05) is 43.3 Å². The molecule has 1 heterocycles. The average Bonchev–Trinajstić information content (AvgIpc) is 2.95. The SMILES string of the molecule is CCOC(=O)CCC(NC(N)=O)(c1ccc(C(=O)Nc2ccccc2NC(=O)OC(C)(C)C)nc1)c1ccccc1N(C)C. The number of pyridine rings is 1. The first-order valence-electron chi connectivity index (χ1n) is 14.1. The Morgan fingerprint density at radius 3 is 2.11 bits per heavy atom. The summed E-state index contributed by atoms with van der Waals surface area (Å²) in [7, 11) is 3.72. The van der Waals surface area contributed by atoms with Gasteiger partial charge in [0.2, 0.25) is 0 Å². The van der Waals surface area contributed by atoms with Crippen LogP contribution in [0.2, 0.25) is 0 Å². The molecule has 0 bridgehead atoms. The fourth-order valence-electron chi connectivity index (χ4n) is 4.68. The van der Waals surface area contributed by atoms with E-state index < -0.39 is 35.1 Å². The maximum absolute atomic E-state index is 13.2. The van der Waals surface area contributed by atoms with Crippen LogP contribution in [-0.2, 0) is 19.8 Å². The molecule has 1 aromatic heterocycles. The van der Waals surface area contributed by atoms with Gasteiger partial charge in [0.15, 0.2) is 0 Å². The number of anilines is 3. The number of aromatic nitrogens is 1. The highest BCUT2D eigenvalue weighted by atomic mass is 16.6. The van der Waals surface area contributed by atoms with E-state index in [0.29, 0.717) is 22.5 Å². The summed E-state index contributed by atoms with van der Waals surface area (Å²) in [6, 6.07) is 16.4. The number of para-hydroxylation sites is 3. The minimum Gasteiger partial charge on any atom is -0.466 e. The van der Waals surface area contributed by atoms with E-state index in [2.05, 4.69) is 20.9 Å². The van der Waals surface area contributed by atoms with E-state index in [0.717, 1.165) is 5.69 Å². The van der Waals surface area contributed by atoms with Gasteiger partial charge in [-0.3, -0.25) is 19.9 Å². The molecular formula is C32H40N6O6. The number of benzene rings is 2. The Hall–Kier alpha value is -5.13. The van der Waals surface area contributed by atoms with Crippen molar-refractivity contribution >= 4 is 41.1 Å². The molecule has 0 radical (unpaired) electrons. The summed E-state index contributed by atoms with van der Waals surface area (Å²) in [4.78, 5) is 56.8. The van der Waals surface area contributed by atoms with Gasteiger partial charge in [-0.25, -0.2) is 9.59 Å². The van der Waals surface area contributed by atoms with Crippen molar-refractivity contribution in [3.8, 4) is 0 Å². The highest BCUT2D eigenvalue weighted by Gasteiger charge is 2.39. The molecule has 0 saturated heterocycles. The predicted octanol–water partition coefficient (Wildman–Crippen LogP) is 5.00. The van der Waals surface area contributed by atoms with Crippen LogP contribution in [-0.4, -0.2) is 55.3 Å². The Bertz CT molecular complexity index is 1490. The lowest BCUT2D eigenvalue weighted by atomic mass is 9.78. The molecule has 12 nitrogen and oxygen atoms in total. The van der Waals surface area contributed by atoms with Crippen molar-refractivity contribution in [3.63, 3.8) is 0 Å². The third-order valence-corrected chi connectivity index (χ3v) is 6.49.